The van der Waals surface area contributed by atoms with Gasteiger partial charge in [-0.05, 0) is 55.5 Å². The van der Waals surface area contributed by atoms with Gasteiger partial charge in [0.2, 0.25) is 0 Å². The fraction of sp³-hybridized carbons (Fsp3) is 0.625. The van der Waals surface area contributed by atoms with Crippen LogP contribution < -0.4 is 11.1 Å². The lowest BCUT2D eigenvalue weighted by atomic mass is 9.90. The van der Waals surface area contributed by atoms with Gasteiger partial charge in [0, 0.05) is 38.8 Å². The largest absolute Gasteiger partial charge is 0.323 e. The maximum Gasteiger partial charge on any atom is 0.0429 e. The number of aryl methyl sites for hydroxylation is 2. The molecule has 0 aliphatic carbocycles. The molecule has 3 heteroatoms. The van der Waals surface area contributed by atoms with Gasteiger partial charge < -0.3 is 11.1 Å². The Morgan fingerprint density at radius 2 is 1.63 bits per heavy atom. The molecule has 106 valence electrons. The van der Waals surface area contributed by atoms with Crippen molar-refractivity contribution in [1.82, 2.24) is 10.2 Å². The van der Waals surface area contributed by atoms with Crippen molar-refractivity contribution in [1.29, 1.82) is 0 Å². The summed E-state index contributed by atoms with van der Waals surface area (Å²) in [5.41, 5.74) is 13.3. The summed E-state index contributed by atoms with van der Waals surface area (Å²) in [6, 6.07) is 2.39. The van der Waals surface area contributed by atoms with Crippen molar-refractivity contribution in [2.24, 2.45) is 5.73 Å². The number of rotatable bonds is 3. The smallest absolute Gasteiger partial charge is 0.0429 e. The fourth-order valence-corrected chi connectivity index (χ4v) is 3.07. The summed E-state index contributed by atoms with van der Waals surface area (Å²) in [5.74, 6) is 0. The maximum atomic E-state index is 6.50. The molecule has 1 atom stereocenters. The van der Waals surface area contributed by atoms with E-state index in [1.54, 1.807) is 0 Å². The van der Waals surface area contributed by atoms with Crippen LogP contribution in [0, 0.1) is 27.7 Å². The van der Waals surface area contributed by atoms with Crippen LogP contribution in [0.2, 0.25) is 0 Å². The fourth-order valence-electron chi connectivity index (χ4n) is 3.07. The topological polar surface area (TPSA) is 41.3 Å². The predicted molar refractivity (Wildman–Crippen MR) is 81.6 cm³/mol. The van der Waals surface area contributed by atoms with Gasteiger partial charge >= 0.3 is 0 Å². The molecule has 0 amide bonds. The zero-order valence-corrected chi connectivity index (χ0v) is 12.7. The Bertz CT molecular complexity index is 422. The molecule has 0 saturated carbocycles. The summed E-state index contributed by atoms with van der Waals surface area (Å²) in [6.45, 7) is 14.1. The van der Waals surface area contributed by atoms with E-state index in [0.717, 1.165) is 32.7 Å². The van der Waals surface area contributed by atoms with E-state index in [0.29, 0.717) is 0 Å². The van der Waals surface area contributed by atoms with E-state index >= 15 is 0 Å². The molecule has 1 aliphatic rings. The molecule has 1 saturated heterocycles. The quantitative estimate of drug-likeness (QED) is 0.872. The van der Waals surface area contributed by atoms with Gasteiger partial charge in [-0.3, -0.25) is 4.90 Å². The van der Waals surface area contributed by atoms with Crippen LogP contribution in [0.5, 0.6) is 0 Å². The van der Waals surface area contributed by atoms with Crippen molar-refractivity contribution in [2.75, 3.05) is 32.7 Å². The van der Waals surface area contributed by atoms with Gasteiger partial charge in [-0.1, -0.05) is 6.07 Å². The first kappa shape index (κ1) is 14.5. The van der Waals surface area contributed by atoms with E-state index in [2.05, 4.69) is 44.0 Å². The zero-order valence-electron chi connectivity index (χ0n) is 12.7. The number of piperazine rings is 1. The van der Waals surface area contributed by atoms with E-state index < -0.39 is 0 Å². The lowest BCUT2D eigenvalue weighted by Gasteiger charge is -2.31. The average Bonchev–Trinajstić information content (AvgIpc) is 2.38. The average molecular weight is 261 g/mol. The molecule has 1 unspecified atom stereocenters. The standard InChI is InChI=1S/C16H27N3/c1-11-9-12(2)14(4)16(13(11)3)15(17)10-19-7-5-18-6-8-19/h9,15,18H,5-8,10,17H2,1-4H3. The molecule has 19 heavy (non-hydrogen) atoms. The van der Waals surface area contributed by atoms with Gasteiger partial charge in [0.15, 0.2) is 0 Å². The lowest BCUT2D eigenvalue weighted by Crippen LogP contribution is -2.46. The van der Waals surface area contributed by atoms with Crippen LogP contribution in [-0.4, -0.2) is 37.6 Å². The van der Waals surface area contributed by atoms with Gasteiger partial charge in [0.1, 0.15) is 0 Å². The Morgan fingerprint density at radius 3 is 2.16 bits per heavy atom. The van der Waals surface area contributed by atoms with Crippen LogP contribution in [0.15, 0.2) is 6.07 Å². The summed E-state index contributed by atoms with van der Waals surface area (Å²) >= 11 is 0. The molecule has 0 spiro atoms. The van der Waals surface area contributed by atoms with Crippen molar-refractivity contribution in [2.45, 2.75) is 33.7 Å². The Labute approximate surface area is 117 Å². The molecular formula is C16H27N3. The van der Waals surface area contributed by atoms with Crippen molar-refractivity contribution < 1.29 is 0 Å². The highest BCUT2D eigenvalue weighted by Crippen LogP contribution is 2.26. The third kappa shape index (κ3) is 3.16. The van der Waals surface area contributed by atoms with E-state index in [1.165, 1.54) is 27.8 Å². The highest BCUT2D eigenvalue weighted by atomic mass is 15.2. The summed E-state index contributed by atoms with van der Waals surface area (Å²) < 4.78 is 0. The van der Waals surface area contributed by atoms with Crippen LogP contribution >= 0.6 is 0 Å². The van der Waals surface area contributed by atoms with Crippen molar-refractivity contribution in [3.8, 4) is 0 Å². The SMILES string of the molecule is Cc1cc(C)c(C)c(C(N)CN2CCNCC2)c1C. The van der Waals surface area contributed by atoms with Gasteiger partial charge in [-0.25, -0.2) is 0 Å². The van der Waals surface area contributed by atoms with E-state index in [1.807, 2.05) is 0 Å². The Morgan fingerprint density at radius 1 is 1.11 bits per heavy atom. The highest BCUT2D eigenvalue weighted by molar-refractivity contribution is 5.45. The second kappa shape index (κ2) is 6.04. The van der Waals surface area contributed by atoms with Crippen LogP contribution in [0.3, 0.4) is 0 Å². The van der Waals surface area contributed by atoms with E-state index in [9.17, 15) is 0 Å². The molecular weight excluding hydrogens is 234 g/mol. The third-order valence-corrected chi connectivity index (χ3v) is 4.46. The first-order valence-corrected chi connectivity index (χ1v) is 7.26. The monoisotopic (exact) mass is 261 g/mol. The minimum absolute atomic E-state index is 0.122. The van der Waals surface area contributed by atoms with E-state index in [-0.39, 0.29) is 6.04 Å². The highest BCUT2D eigenvalue weighted by Gasteiger charge is 2.19. The van der Waals surface area contributed by atoms with E-state index in [4.69, 9.17) is 5.73 Å². The molecule has 1 heterocycles. The number of benzene rings is 1. The molecule has 3 N–H and O–H groups in total. The van der Waals surface area contributed by atoms with Gasteiger partial charge in [0.25, 0.3) is 0 Å². The molecule has 1 fully saturated rings. The van der Waals surface area contributed by atoms with Crippen LogP contribution in [0.1, 0.15) is 33.9 Å². The van der Waals surface area contributed by atoms with Gasteiger partial charge in [-0.2, -0.15) is 0 Å². The Kier molecular flexibility index (Phi) is 4.61. The van der Waals surface area contributed by atoms with Crippen LogP contribution in [0.25, 0.3) is 0 Å². The minimum atomic E-state index is 0.122. The third-order valence-electron chi connectivity index (χ3n) is 4.46. The minimum Gasteiger partial charge on any atom is -0.323 e. The molecule has 3 nitrogen and oxygen atoms in total. The summed E-state index contributed by atoms with van der Waals surface area (Å²) in [7, 11) is 0. The van der Waals surface area contributed by atoms with Crippen molar-refractivity contribution in [3.05, 3.63) is 33.9 Å². The molecule has 1 aromatic carbocycles. The Balaban J connectivity index is 2.20. The number of nitrogens with zero attached hydrogens (tertiary/aromatic N) is 1. The first-order valence-electron chi connectivity index (χ1n) is 7.26. The maximum absolute atomic E-state index is 6.50. The van der Waals surface area contributed by atoms with Crippen molar-refractivity contribution in [3.63, 3.8) is 0 Å². The first-order chi connectivity index (χ1) is 9.00. The van der Waals surface area contributed by atoms with Crippen molar-refractivity contribution >= 4 is 0 Å². The molecule has 2 rings (SSSR count). The molecule has 1 aliphatic heterocycles. The second-order valence-corrected chi connectivity index (χ2v) is 5.83. The number of nitrogens with one attached hydrogen (secondary N) is 1. The Hall–Kier alpha value is -0.900. The number of nitrogens with two attached hydrogens (primary N) is 1. The van der Waals surface area contributed by atoms with Crippen LogP contribution in [0.4, 0.5) is 0 Å². The lowest BCUT2D eigenvalue weighted by molar-refractivity contribution is 0.227. The zero-order chi connectivity index (χ0) is 14.0. The number of hydrogen-bond acceptors (Lipinski definition) is 3. The second-order valence-electron chi connectivity index (χ2n) is 5.83. The van der Waals surface area contributed by atoms with Crippen LogP contribution in [-0.2, 0) is 0 Å². The predicted octanol–water partition coefficient (Wildman–Crippen LogP) is 1.83. The summed E-state index contributed by atoms with van der Waals surface area (Å²) in [5, 5.41) is 3.39. The summed E-state index contributed by atoms with van der Waals surface area (Å²) in [6.07, 6.45) is 0. The molecule has 0 aromatic heterocycles. The molecule has 1 aromatic rings. The van der Waals surface area contributed by atoms with Gasteiger partial charge in [0.05, 0.1) is 0 Å². The summed E-state index contributed by atoms with van der Waals surface area (Å²) in [4.78, 5) is 2.47. The number of hydrogen-bond donors (Lipinski definition) is 2. The van der Waals surface area contributed by atoms with Gasteiger partial charge in [-0.15, -0.1) is 0 Å². The normalized spacial score (nSPS) is 18.6. The molecule has 0 bridgehead atoms. The molecule has 0 radical (unpaired) electrons.